The lowest BCUT2D eigenvalue weighted by molar-refractivity contribution is 0.101. The maximum atomic E-state index is 13.6. The number of benzene rings is 1. The van der Waals surface area contributed by atoms with Crippen molar-refractivity contribution >= 4 is 11.9 Å². The van der Waals surface area contributed by atoms with E-state index in [1.54, 1.807) is 35.1 Å². The van der Waals surface area contributed by atoms with E-state index in [0.717, 1.165) is 0 Å². The maximum absolute atomic E-state index is 13.6. The monoisotopic (exact) mass is 314 g/mol. The summed E-state index contributed by atoms with van der Waals surface area (Å²) in [7, 11) is 0. The van der Waals surface area contributed by atoms with Gasteiger partial charge < -0.3 is 0 Å². The molecule has 0 saturated heterocycles. The summed E-state index contributed by atoms with van der Waals surface area (Å²) in [4.78, 5) is 16.2. The first-order valence-electron chi connectivity index (χ1n) is 7.13. The van der Waals surface area contributed by atoms with Crippen LogP contribution in [0.15, 0.2) is 42.9 Å². The molecule has 0 aliphatic carbocycles. The first-order chi connectivity index (χ1) is 11.2. The van der Waals surface area contributed by atoms with Gasteiger partial charge >= 0.3 is 0 Å². The number of aromatic nitrogens is 5. The van der Waals surface area contributed by atoms with Gasteiger partial charge in [0.15, 0.2) is 0 Å². The summed E-state index contributed by atoms with van der Waals surface area (Å²) >= 11 is 0. The van der Waals surface area contributed by atoms with E-state index in [1.165, 1.54) is 17.1 Å². The SMILES string of the molecule is CCn1nccc1C(=O)Nc1ncn(Cc2ccccc2F)n1. The molecule has 1 aromatic carbocycles. The van der Waals surface area contributed by atoms with Crippen LogP contribution in [0.2, 0.25) is 0 Å². The Bertz CT molecular complexity index is 825. The Morgan fingerprint density at radius 2 is 2.13 bits per heavy atom. The Hall–Kier alpha value is -3.03. The number of carbonyl (C=O) groups is 1. The highest BCUT2D eigenvalue weighted by atomic mass is 19.1. The number of aryl methyl sites for hydroxylation is 1. The van der Waals surface area contributed by atoms with Gasteiger partial charge in [-0.2, -0.15) is 5.10 Å². The second kappa shape index (κ2) is 6.39. The molecule has 0 saturated carbocycles. The minimum absolute atomic E-state index is 0.162. The number of nitrogens with one attached hydrogen (secondary N) is 1. The Kier molecular flexibility index (Phi) is 4.13. The molecule has 23 heavy (non-hydrogen) atoms. The second-order valence-electron chi connectivity index (χ2n) is 4.84. The van der Waals surface area contributed by atoms with Crippen molar-refractivity contribution in [1.82, 2.24) is 24.5 Å². The smallest absolute Gasteiger partial charge is 0.276 e. The number of halogens is 1. The third kappa shape index (κ3) is 3.25. The van der Waals surface area contributed by atoms with Gasteiger partial charge in [-0.25, -0.2) is 14.1 Å². The predicted molar refractivity (Wildman–Crippen MR) is 81.4 cm³/mol. The van der Waals surface area contributed by atoms with Gasteiger partial charge in [0, 0.05) is 18.3 Å². The largest absolute Gasteiger partial charge is 0.288 e. The number of hydrogen-bond acceptors (Lipinski definition) is 4. The van der Waals surface area contributed by atoms with Crippen molar-refractivity contribution in [3.8, 4) is 0 Å². The second-order valence-corrected chi connectivity index (χ2v) is 4.84. The van der Waals surface area contributed by atoms with E-state index in [0.29, 0.717) is 17.8 Å². The highest BCUT2D eigenvalue weighted by molar-refractivity contribution is 6.01. The highest BCUT2D eigenvalue weighted by Crippen LogP contribution is 2.09. The number of nitrogens with zero attached hydrogens (tertiary/aromatic N) is 5. The molecule has 0 bridgehead atoms. The van der Waals surface area contributed by atoms with Gasteiger partial charge in [-0.05, 0) is 19.1 Å². The molecular formula is C15H15FN6O. The molecule has 0 radical (unpaired) electrons. The number of anilines is 1. The zero-order chi connectivity index (χ0) is 16.2. The van der Waals surface area contributed by atoms with Crippen LogP contribution in [0.5, 0.6) is 0 Å². The lowest BCUT2D eigenvalue weighted by Crippen LogP contribution is -2.18. The summed E-state index contributed by atoms with van der Waals surface area (Å²) < 4.78 is 16.7. The lowest BCUT2D eigenvalue weighted by atomic mass is 10.2. The number of amides is 1. The molecule has 3 rings (SSSR count). The van der Waals surface area contributed by atoms with Gasteiger partial charge in [0.2, 0.25) is 5.95 Å². The number of carbonyl (C=O) groups excluding carboxylic acids is 1. The Balaban J connectivity index is 1.70. The number of rotatable bonds is 5. The topological polar surface area (TPSA) is 77.6 Å². The molecule has 118 valence electrons. The Morgan fingerprint density at radius 3 is 2.91 bits per heavy atom. The summed E-state index contributed by atoms with van der Waals surface area (Å²) in [5, 5.41) is 10.8. The van der Waals surface area contributed by atoms with Gasteiger partial charge in [-0.1, -0.05) is 18.2 Å². The third-order valence-corrected chi connectivity index (χ3v) is 3.30. The van der Waals surface area contributed by atoms with Crippen LogP contribution in [0.1, 0.15) is 23.0 Å². The molecule has 3 aromatic rings. The zero-order valence-electron chi connectivity index (χ0n) is 12.5. The summed E-state index contributed by atoms with van der Waals surface area (Å²) in [5.41, 5.74) is 0.928. The quantitative estimate of drug-likeness (QED) is 0.780. The van der Waals surface area contributed by atoms with E-state index in [-0.39, 0.29) is 24.2 Å². The summed E-state index contributed by atoms with van der Waals surface area (Å²) in [6, 6.07) is 8.07. The lowest BCUT2D eigenvalue weighted by Gasteiger charge is -2.04. The molecule has 1 N–H and O–H groups in total. The van der Waals surface area contributed by atoms with Crippen LogP contribution in [0, 0.1) is 5.82 Å². The van der Waals surface area contributed by atoms with E-state index in [4.69, 9.17) is 0 Å². The molecular weight excluding hydrogens is 299 g/mol. The maximum Gasteiger partial charge on any atom is 0.276 e. The van der Waals surface area contributed by atoms with E-state index >= 15 is 0 Å². The van der Waals surface area contributed by atoms with Crippen molar-refractivity contribution in [2.75, 3.05) is 5.32 Å². The van der Waals surface area contributed by atoms with Crippen molar-refractivity contribution in [3.05, 3.63) is 59.9 Å². The first-order valence-corrected chi connectivity index (χ1v) is 7.13. The molecule has 7 nitrogen and oxygen atoms in total. The fraction of sp³-hybridized carbons (Fsp3) is 0.200. The highest BCUT2D eigenvalue weighted by Gasteiger charge is 2.13. The molecule has 0 aliphatic heterocycles. The van der Waals surface area contributed by atoms with Crippen molar-refractivity contribution in [3.63, 3.8) is 0 Å². The van der Waals surface area contributed by atoms with Crippen LogP contribution in [0.4, 0.5) is 10.3 Å². The average molecular weight is 314 g/mol. The standard InChI is InChI=1S/C15H15FN6O/c1-2-22-13(7-8-18-22)14(23)19-15-17-10-21(20-15)9-11-5-3-4-6-12(11)16/h3-8,10H,2,9H2,1H3,(H,19,20,23). The molecule has 0 aliphatic rings. The van der Waals surface area contributed by atoms with Crippen LogP contribution < -0.4 is 5.32 Å². The van der Waals surface area contributed by atoms with Gasteiger partial charge in [0.25, 0.3) is 5.91 Å². The third-order valence-electron chi connectivity index (χ3n) is 3.30. The Labute approximate surface area is 131 Å². The van der Waals surface area contributed by atoms with Crippen molar-refractivity contribution in [2.24, 2.45) is 0 Å². The predicted octanol–water partition coefficient (Wildman–Crippen LogP) is 1.93. The van der Waals surface area contributed by atoms with Crippen LogP contribution in [-0.4, -0.2) is 30.5 Å². The van der Waals surface area contributed by atoms with E-state index in [2.05, 4.69) is 20.5 Å². The summed E-state index contributed by atoms with van der Waals surface area (Å²) in [6.45, 7) is 2.72. The Morgan fingerprint density at radius 1 is 1.30 bits per heavy atom. The van der Waals surface area contributed by atoms with Crippen LogP contribution in [0.25, 0.3) is 0 Å². The minimum Gasteiger partial charge on any atom is -0.288 e. The van der Waals surface area contributed by atoms with Gasteiger partial charge in [-0.15, -0.1) is 5.10 Å². The van der Waals surface area contributed by atoms with Gasteiger partial charge in [0.05, 0.1) is 6.54 Å². The molecule has 0 unspecified atom stereocenters. The van der Waals surface area contributed by atoms with Gasteiger partial charge in [-0.3, -0.25) is 14.8 Å². The van der Waals surface area contributed by atoms with Crippen LogP contribution >= 0.6 is 0 Å². The molecule has 1 amide bonds. The van der Waals surface area contributed by atoms with Crippen molar-refractivity contribution < 1.29 is 9.18 Å². The van der Waals surface area contributed by atoms with Crippen molar-refractivity contribution in [1.29, 1.82) is 0 Å². The van der Waals surface area contributed by atoms with Crippen molar-refractivity contribution in [2.45, 2.75) is 20.0 Å². The molecule has 2 heterocycles. The molecule has 0 spiro atoms. The molecule has 0 fully saturated rings. The average Bonchev–Trinajstić information content (AvgIpc) is 3.18. The normalized spacial score (nSPS) is 10.7. The molecule has 8 heteroatoms. The van der Waals surface area contributed by atoms with Crippen LogP contribution in [-0.2, 0) is 13.1 Å². The fourth-order valence-electron chi connectivity index (χ4n) is 2.17. The van der Waals surface area contributed by atoms with Gasteiger partial charge in [0.1, 0.15) is 17.8 Å². The van der Waals surface area contributed by atoms with E-state index in [9.17, 15) is 9.18 Å². The molecule has 2 aromatic heterocycles. The minimum atomic E-state index is -0.340. The zero-order valence-corrected chi connectivity index (χ0v) is 12.5. The van der Waals surface area contributed by atoms with E-state index in [1.807, 2.05) is 6.92 Å². The number of hydrogen-bond donors (Lipinski definition) is 1. The summed E-state index contributed by atoms with van der Waals surface area (Å²) in [5.74, 6) is -0.483. The molecule has 0 atom stereocenters. The first kappa shape index (κ1) is 14.9. The van der Waals surface area contributed by atoms with Crippen LogP contribution in [0.3, 0.4) is 0 Å². The fourth-order valence-corrected chi connectivity index (χ4v) is 2.17. The summed E-state index contributed by atoms with van der Waals surface area (Å²) in [6.07, 6.45) is 3.00. The van der Waals surface area contributed by atoms with E-state index < -0.39 is 0 Å².